The van der Waals surface area contributed by atoms with E-state index < -0.39 is 0 Å². The number of morpholine rings is 1. The molecule has 0 saturated carbocycles. The normalized spacial score (nSPS) is 13.7. The van der Waals surface area contributed by atoms with E-state index in [1.165, 1.54) is 0 Å². The van der Waals surface area contributed by atoms with Crippen molar-refractivity contribution in [2.75, 3.05) is 31.6 Å². The molecule has 140 valence electrons. The maximum Gasteiger partial charge on any atom is 0.257 e. The van der Waals surface area contributed by atoms with Crippen LogP contribution < -0.4 is 10.6 Å². The van der Waals surface area contributed by atoms with Crippen molar-refractivity contribution in [3.05, 3.63) is 64.7 Å². The van der Waals surface area contributed by atoms with Crippen molar-refractivity contribution < 1.29 is 14.3 Å². The Hall–Kier alpha value is -2.48. The Morgan fingerprint density at radius 1 is 1.07 bits per heavy atom. The van der Waals surface area contributed by atoms with Crippen molar-refractivity contribution >= 4 is 46.4 Å². The predicted octanol–water partition coefficient (Wildman–Crippen LogP) is 2.94. The number of nitrogens with one attached hydrogen (secondary N) is 2. The molecule has 2 aromatic carbocycles. The molecule has 0 aliphatic carbocycles. The summed E-state index contributed by atoms with van der Waals surface area (Å²) in [4.78, 5) is 26.8. The quantitative estimate of drug-likeness (QED) is 0.771. The van der Waals surface area contributed by atoms with Gasteiger partial charge in [-0.15, -0.1) is 0 Å². The summed E-state index contributed by atoms with van der Waals surface area (Å²) in [5, 5.41) is 6.09. The van der Waals surface area contributed by atoms with Gasteiger partial charge in [0.2, 0.25) is 0 Å². The van der Waals surface area contributed by atoms with Crippen molar-refractivity contribution in [1.29, 1.82) is 0 Å². The lowest BCUT2D eigenvalue weighted by molar-refractivity contribution is 0.0303. The van der Waals surface area contributed by atoms with E-state index in [9.17, 15) is 9.59 Å². The Morgan fingerprint density at radius 3 is 2.56 bits per heavy atom. The smallest absolute Gasteiger partial charge is 0.257 e. The summed E-state index contributed by atoms with van der Waals surface area (Å²) in [7, 11) is 0. The number of anilines is 1. The molecule has 0 unspecified atom stereocenters. The van der Waals surface area contributed by atoms with Gasteiger partial charge in [0.05, 0.1) is 24.5 Å². The molecule has 6 nitrogen and oxygen atoms in total. The highest BCUT2D eigenvalue weighted by molar-refractivity contribution is 7.80. The number of para-hydroxylation sites is 1. The number of thiocarbonyl (C=S) groups is 1. The largest absolute Gasteiger partial charge is 0.378 e. The molecule has 0 bridgehead atoms. The molecule has 1 aliphatic heterocycles. The zero-order chi connectivity index (χ0) is 19.2. The lowest BCUT2D eigenvalue weighted by Gasteiger charge is -2.27. The van der Waals surface area contributed by atoms with Crippen LogP contribution in [0, 0.1) is 0 Å². The molecule has 3 rings (SSSR count). The number of amides is 2. The standard InChI is InChI=1S/C19H18ClN3O3S/c20-14-5-3-4-13(12-14)17(24)22-19(27)21-16-7-2-1-6-15(16)18(25)23-8-10-26-11-9-23/h1-7,12H,8-11H2,(H2,21,22,24,27). The highest BCUT2D eigenvalue weighted by Crippen LogP contribution is 2.18. The molecule has 1 aliphatic rings. The van der Waals surface area contributed by atoms with Crippen LogP contribution in [0.3, 0.4) is 0 Å². The molecule has 1 heterocycles. The van der Waals surface area contributed by atoms with Crippen molar-refractivity contribution in [3.63, 3.8) is 0 Å². The number of hydrogen-bond acceptors (Lipinski definition) is 4. The molecule has 1 saturated heterocycles. The summed E-state index contributed by atoms with van der Waals surface area (Å²) in [5.41, 5.74) is 1.41. The lowest BCUT2D eigenvalue weighted by Crippen LogP contribution is -2.41. The Balaban J connectivity index is 1.69. The summed E-state index contributed by atoms with van der Waals surface area (Å²) < 4.78 is 5.29. The van der Waals surface area contributed by atoms with Gasteiger partial charge < -0.3 is 15.0 Å². The predicted molar refractivity (Wildman–Crippen MR) is 108 cm³/mol. The molecular formula is C19H18ClN3O3S. The van der Waals surface area contributed by atoms with Crippen molar-refractivity contribution in [1.82, 2.24) is 10.2 Å². The number of nitrogens with zero attached hydrogens (tertiary/aromatic N) is 1. The van der Waals surface area contributed by atoms with E-state index >= 15 is 0 Å². The van der Waals surface area contributed by atoms with Crippen molar-refractivity contribution in [2.24, 2.45) is 0 Å². The molecule has 0 atom stereocenters. The van der Waals surface area contributed by atoms with Gasteiger partial charge in [0.25, 0.3) is 11.8 Å². The summed E-state index contributed by atoms with van der Waals surface area (Å²) in [6.07, 6.45) is 0. The van der Waals surface area contributed by atoms with Gasteiger partial charge in [-0.3, -0.25) is 14.9 Å². The van der Waals surface area contributed by atoms with E-state index in [1.807, 2.05) is 0 Å². The molecule has 2 aromatic rings. The minimum Gasteiger partial charge on any atom is -0.378 e. The summed E-state index contributed by atoms with van der Waals surface area (Å²) in [6.45, 7) is 2.14. The second-order valence-electron chi connectivity index (χ2n) is 5.87. The van der Waals surface area contributed by atoms with E-state index in [2.05, 4.69) is 10.6 Å². The van der Waals surface area contributed by atoms with Crippen molar-refractivity contribution in [2.45, 2.75) is 0 Å². The van der Waals surface area contributed by atoms with Gasteiger partial charge in [0.1, 0.15) is 0 Å². The minimum absolute atomic E-state index is 0.0993. The molecule has 0 radical (unpaired) electrons. The average molecular weight is 404 g/mol. The zero-order valence-corrected chi connectivity index (χ0v) is 16.0. The SMILES string of the molecule is O=C(NC(=S)Nc1ccccc1C(=O)N1CCOCC1)c1cccc(Cl)c1. The van der Waals surface area contributed by atoms with Gasteiger partial charge in [0.15, 0.2) is 5.11 Å². The third-order valence-corrected chi connectivity index (χ3v) is 4.46. The molecule has 2 amide bonds. The molecular weight excluding hydrogens is 386 g/mol. The van der Waals surface area contributed by atoms with E-state index in [4.69, 9.17) is 28.6 Å². The van der Waals surface area contributed by atoms with E-state index in [0.717, 1.165) is 0 Å². The maximum absolute atomic E-state index is 12.8. The second kappa shape index (κ2) is 8.94. The Labute approximate surface area is 167 Å². The number of carbonyl (C=O) groups is 2. The fourth-order valence-corrected chi connectivity index (χ4v) is 3.07. The van der Waals surface area contributed by atoms with Crippen LogP contribution in [0.2, 0.25) is 5.02 Å². The van der Waals surface area contributed by atoms with Crippen molar-refractivity contribution in [3.8, 4) is 0 Å². The summed E-state index contributed by atoms with van der Waals surface area (Å²) in [5.74, 6) is -0.489. The van der Waals surface area contributed by atoms with Crippen LogP contribution in [-0.4, -0.2) is 48.1 Å². The van der Waals surface area contributed by atoms with Crippen LogP contribution in [0.15, 0.2) is 48.5 Å². The molecule has 27 heavy (non-hydrogen) atoms. The first-order valence-electron chi connectivity index (χ1n) is 8.38. The van der Waals surface area contributed by atoms with E-state index in [-0.39, 0.29) is 16.9 Å². The molecule has 0 aromatic heterocycles. The lowest BCUT2D eigenvalue weighted by atomic mass is 10.1. The number of benzene rings is 2. The van der Waals surface area contributed by atoms with Gasteiger partial charge in [-0.2, -0.15) is 0 Å². The minimum atomic E-state index is -0.382. The number of carbonyl (C=O) groups excluding carboxylic acids is 2. The topological polar surface area (TPSA) is 70.7 Å². The Bertz CT molecular complexity index is 869. The second-order valence-corrected chi connectivity index (χ2v) is 6.71. The first-order valence-corrected chi connectivity index (χ1v) is 9.17. The van der Waals surface area contributed by atoms with Gasteiger partial charge in [-0.25, -0.2) is 0 Å². The van der Waals surface area contributed by atoms with E-state index in [0.29, 0.717) is 48.1 Å². The van der Waals surface area contributed by atoms with E-state index in [1.54, 1.807) is 53.4 Å². The van der Waals surface area contributed by atoms with Gasteiger partial charge in [0, 0.05) is 23.7 Å². The van der Waals surface area contributed by atoms with Crippen LogP contribution in [-0.2, 0) is 4.74 Å². The molecule has 1 fully saturated rings. The molecule has 8 heteroatoms. The first-order chi connectivity index (χ1) is 13.0. The van der Waals surface area contributed by atoms with Gasteiger partial charge in [-0.1, -0.05) is 29.8 Å². The Kier molecular flexibility index (Phi) is 6.39. The highest BCUT2D eigenvalue weighted by Gasteiger charge is 2.21. The Morgan fingerprint density at radius 2 is 1.81 bits per heavy atom. The fourth-order valence-electron chi connectivity index (χ4n) is 2.67. The number of ether oxygens (including phenoxy) is 1. The number of hydrogen-bond donors (Lipinski definition) is 2. The van der Waals surface area contributed by atoms with Crippen LogP contribution in [0.5, 0.6) is 0 Å². The van der Waals surface area contributed by atoms with Crippen LogP contribution in [0.1, 0.15) is 20.7 Å². The maximum atomic E-state index is 12.8. The highest BCUT2D eigenvalue weighted by atomic mass is 35.5. The van der Waals surface area contributed by atoms with Crippen LogP contribution in [0.25, 0.3) is 0 Å². The number of halogens is 1. The third kappa shape index (κ3) is 5.03. The third-order valence-electron chi connectivity index (χ3n) is 4.02. The zero-order valence-electron chi connectivity index (χ0n) is 14.4. The monoisotopic (exact) mass is 403 g/mol. The van der Waals surface area contributed by atoms with Crippen LogP contribution in [0.4, 0.5) is 5.69 Å². The average Bonchev–Trinajstić information content (AvgIpc) is 2.68. The van der Waals surface area contributed by atoms with Crippen LogP contribution >= 0.6 is 23.8 Å². The summed E-state index contributed by atoms with van der Waals surface area (Å²) >= 11 is 11.1. The molecule has 2 N–H and O–H groups in total. The number of rotatable bonds is 3. The fraction of sp³-hybridized carbons (Fsp3) is 0.211. The van der Waals surface area contributed by atoms with Gasteiger partial charge in [-0.05, 0) is 42.5 Å². The summed E-state index contributed by atoms with van der Waals surface area (Å²) in [6, 6.07) is 13.6. The van der Waals surface area contributed by atoms with Gasteiger partial charge >= 0.3 is 0 Å². The molecule has 0 spiro atoms. The first kappa shape index (κ1) is 19.3.